The smallest absolute Gasteiger partial charge is 0.337 e. The molecule has 0 fully saturated rings. The largest absolute Gasteiger partial charge is 0.423 e. The first-order valence-electron chi connectivity index (χ1n) is 3.74. The summed E-state index contributed by atoms with van der Waals surface area (Å²) in [6.07, 6.45) is 0. The van der Waals surface area contributed by atoms with Crippen LogP contribution in [0.15, 0.2) is 39.5 Å². The van der Waals surface area contributed by atoms with Gasteiger partial charge in [0.05, 0.1) is 5.56 Å². The van der Waals surface area contributed by atoms with E-state index in [0.29, 0.717) is 16.5 Å². The molecule has 0 saturated carbocycles. The molecule has 1 heterocycles. The fraction of sp³-hybridized carbons (Fsp3) is 0. The first-order chi connectivity index (χ1) is 6.31. The summed E-state index contributed by atoms with van der Waals surface area (Å²) >= 11 is 0. The molecule has 3 nitrogen and oxygen atoms in total. The highest BCUT2D eigenvalue weighted by Gasteiger charge is 2.02. The molecule has 0 atom stereocenters. The quantitative estimate of drug-likeness (QED) is 0.566. The molecule has 2 rings (SSSR count). The summed E-state index contributed by atoms with van der Waals surface area (Å²) in [5.41, 5.74) is 0.314. The minimum absolute atomic E-state index is 0.354. The fourth-order valence-electron chi connectivity index (χ4n) is 1.20. The predicted octanol–water partition coefficient (Wildman–Crippen LogP) is 1.66. The lowest BCUT2D eigenvalue weighted by molar-refractivity contribution is 0.560. The zero-order chi connectivity index (χ0) is 9.26. The molecule has 13 heavy (non-hydrogen) atoms. The van der Waals surface area contributed by atoms with Crippen LogP contribution in [-0.4, -0.2) is 0 Å². The summed E-state index contributed by atoms with van der Waals surface area (Å²) < 4.78 is 4.90. The molecule has 0 N–H and O–H groups in total. The third-order valence-corrected chi connectivity index (χ3v) is 1.77. The topological polar surface area (TPSA) is 54.0 Å². The van der Waals surface area contributed by atoms with Gasteiger partial charge < -0.3 is 4.42 Å². The second kappa shape index (κ2) is 2.76. The summed E-state index contributed by atoms with van der Waals surface area (Å²) in [4.78, 5) is 10.9. The van der Waals surface area contributed by atoms with Crippen LogP contribution in [0.4, 0.5) is 0 Å². The summed E-state index contributed by atoms with van der Waals surface area (Å²) in [7, 11) is 0. The number of hydrogen-bond donors (Lipinski definition) is 0. The lowest BCUT2D eigenvalue weighted by Crippen LogP contribution is -1.97. The number of nitriles is 1. The highest BCUT2D eigenvalue weighted by molar-refractivity contribution is 5.82. The number of fused-ring (bicyclic) bond motifs is 1. The van der Waals surface area contributed by atoms with Crippen molar-refractivity contribution in [3.8, 4) is 6.07 Å². The first-order valence-corrected chi connectivity index (χ1v) is 3.74. The van der Waals surface area contributed by atoms with Gasteiger partial charge in [0.15, 0.2) is 0 Å². The lowest BCUT2D eigenvalue weighted by Gasteiger charge is -1.95. The van der Waals surface area contributed by atoms with Gasteiger partial charge in [0, 0.05) is 11.5 Å². The van der Waals surface area contributed by atoms with Crippen LogP contribution < -0.4 is 5.63 Å². The van der Waals surface area contributed by atoms with Gasteiger partial charge in [-0.1, -0.05) is 12.1 Å². The Bertz CT molecular complexity index is 549. The van der Waals surface area contributed by atoms with Gasteiger partial charge in [0.25, 0.3) is 0 Å². The molecule has 0 aliphatic heterocycles. The van der Waals surface area contributed by atoms with Crippen LogP contribution in [0.2, 0.25) is 0 Å². The zero-order valence-corrected chi connectivity index (χ0v) is 6.65. The van der Waals surface area contributed by atoms with Crippen molar-refractivity contribution in [3.05, 3.63) is 46.3 Å². The molecule has 0 radical (unpaired) electrons. The highest BCUT2D eigenvalue weighted by atomic mass is 16.4. The molecule has 2 aromatic rings. The van der Waals surface area contributed by atoms with Crippen LogP contribution in [0.1, 0.15) is 5.56 Å². The number of nitrogens with zero attached hydrogens (tertiary/aromatic N) is 1. The zero-order valence-electron chi connectivity index (χ0n) is 6.65. The van der Waals surface area contributed by atoms with E-state index in [0.717, 1.165) is 0 Å². The van der Waals surface area contributed by atoms with E-state index in [2.05, 4.69) is 0 Å². The number of hydrogen-bond acceptors (Lipinski definition) is 3. The summed E-state index contributed by atoms with van der Waals surface area (Å²) in [5.74, 6) is 0. The van der Waals surface area contributed by atoms with Crippen LogP contribution in [0, 0.1) is 11.3 Å². The second-order valence-corrected chi connectivity index (χ2v) is 2.59. The summed E-state index contributed by atoms with van der Waals surface area (Å²) in [6.45, 7) is 0. The van der Waals surface area contributed by atoms with Crippen LogP contribution in [0.5, 0.6) is 0 Å². The maximum absolute atomic E-state index is 10.9. The van der Waals surface area contributed by atoms with Crippen LogP contribution in [0.25, 0.3) is 11.0 Å². The van der Waals surface area contributed by atoms with Crippen LogP contribution in [-0.2, 0) is 0 Å². The van der Waals surface area contributed by atoms with E-state index in [4.69, 9.17) is 9.68 Å². The van der Waals surface area contributed by atoms with E-state index in [9.17, 15) is 4.79 Å². The fourth-order valence-corrected chi connectivity index (χ4v) is 1.20. The molecule has 3 heteroatoms. The molecule has 1 aromatic carbocycles. The van der Waals surface area contributed by atoms with Crippen molar-refractivity contribution < 1.29 is 4.42 Å². The Kier molecular flexibility index (Phi) is 1.60. The standard InChI is InChI=1S/C10H5NO2/c11-6-7-5-10(12)13-9-4-2-1-3-8(7)9/h1-5H. The van der Waals surface area contributed by atoms with Gasteiger partial charge in [-0.15, -0.1) is 0 Å². The predicted molar refractivity (Wildman–Crippen MR) is 47.2 cm³/mol. The monoisotopic (exact) mass is 171 g/mol. The van der Waals surface area contributed by atoms with E-state index < -0.39 is 5.63 Å². The summed E-state index contributed by atoms with van der Waals surface area (Å²) in [6, 6.07) is 10.1. The molecule has 0 unspecified atom stereocenters. The van der Waals surface area contributed by atoms with Crippen molar-refractivity contribution in [3.63, 3.8) is 0 Å². The van der Waals surface area contributed by atoms with Crippen molar-refractivity contribution in [1.29, 1.82) is 5.26 Å². The van der Waals surface area contributed by atoms with Gasteiger partial charge >= 0.3 is 5.63 Å². The third kappa shape index (κ3) is 1.18. The Balaban J connectivity index is 3.00. The van der Waals surface area contributed by atoms with Gasteiger partial charge in [-0.3, -0.25) is 0 Å². The Labute approximate surface area is 73.8 Å². The SMILES string of the molecule is N#Cc1cc(=O)oc2ccccc12. The van der Waals surface area contributed by atoms with Crippen LogP contribution >= 0.6 is 0 Å². The molecule has 0 spiro atoms. The van der Waals surface area contributed by atoms with Crippen molar-refractivity contribution in [2.45, 2.75) is 0 Å². The van der Waals surface area contributed by atoms with Crippen molar-refractivity contribution in [1.82, 2.24) is 0 Å². The molecule has 0 amide bonds. The average molecular weight is 171 g/mol. The van der Waals surface area contributed by atoms with Gasteiger partial charge in [0.2, 0.25) is 0 Å². The average Bonchev–Trinajstić information content (AvgIpc) is 2.16. The number of rotatable bonds is 0. The highest BCUT2D eigenvalue weighted by Crippen LogP contribution is 2.14. The first kappa shape index (κ1) is 7.56. The minimum atomic E-state index is -0.491. The molecule has 0 aliphatic rings. The molecule has 1 aromatic heterocycles. The number of benzene rings is 1. The minimum Gasteiger partial charge on any atom is -0.423 e. The van der Waals surface area contributed by atoms with Gasteiger partial charge in [0.1, 0.15) is 11.7 Å². The molecular formula is C10H5NO2. The number of para-hydroxylation sites is 1. The maximum Gasteiger partial charge on any atom is 0.337 e. The maximum atomic E-state index is 10.9. The Morgan fingerprint density at radius 2 is 2.08 bits per heavy atom. The van der Waals surface area contributed by atoms with Crippen molar-refractivity contribution >= 4 is 11.0 Å². The third-order valence-electron chi connectivity index (χ3n) is 1.77. The molecule has 0 bridgehead atoms. The molecule has 0 aliphatic carbocycles. The van der Waals surface area contributed by atoms with E-state index in [-0.39, 0.29) is 0 Å². The van der Waals surface area contributed by atoms with E-state index >= 15 is 0 Å². The molecular weight excluding hydrogens is 166 g/mol. The molecule has 0 saturated heterocycles. The van der Waals surface area contributed by atoms with Gasteiger partial charge in [-0.25, -0.2) is 4.79 Å². The van der Waals surface area contributed by atoms with Crippen LogP contribution in [0.3, 0.4) is 0 Å². The normalized spacial score (nSPS) is 9.77. The van der Waals surface area contributed by atoms with E-state index in [1.165, 1.54) is 6.07 Å². The van der Waals surface area contributed by atoms with Crippen molar-refractivity contribution in [2.75, 3.05) is 0 Å². The Morgan fingerprint density at radius 3 is 2.85 bits per heavy atom. The molecule has 62 valence electrons. The second-order valence-electron chi connectivity index (χ2n) is 2.59. The van der Waals surface area contributed by atoms with Gasteiger partial charge in [-0.2, -0.15) is 5.26 Å². The van der Waals surface area contributed by atoms with E-state index in [1.54, 1.807) is 24.3 Å². The van der Waals surface area contributed by atoms with Gasteiger partial charge in [-0.05, 0) is 12.1 Å². The Hall–Kier alpha value is -2.08. The van der Waals surface area contributed by atoms with E-state index in [1.807, 2.05) is 6.07 Å². The van der Waals surface area contributed by atoms with Crippen molar-refractivity contribution in [2.24, 2.45) is 0 Å². The summed E-state index contributed by atoms with van der Waals surface area (Å²) in [5, 5.41) is 9.40. The lowest BCUT2D eigenvalue weighted by atomic mass is 10.1. The Morgan fingerprint density at radius 1 is 1.31 bits per heavy atom.